The van der Waals surface area contributed by atoms with Gasteiger partial charge in [-0.2, -0.15) is 0 Å². The minimum Gasteiger partial charge on any atom is -0.354 e. The molecule has 0 aliphatic carbocycles. The predicted octanol–water partition coefficient (Wildman–Crippen LogP) is 3.33. The van der Waals surface area contributed by atoms with Gasteiger partial charge in [-0.3, -0.25) is 0 Å². The lowest BCUT2D eigenvalue weighted by atomic mass is 9.94. The highest BCUT2D eigenvalue weighted by molar-refractivity contribution is 5.45. The summed E-state index contributed by atoms with van der Waals surface area (Å²) in [5.41, 5.74) is 2.53. The quantitative estimate of drug-likeness (QED) is 0.828. The van der Waals surface area contributed by atoms with Crippen molar-refractivity contribution >= 4 is 5.88 Å². The minimum atomic E-state index is 0.567. The Labute approximate surface area is 91.2 Å². The van der Waals surface area contributed by atoms with Crippen LogP contribution < -0.4 is 5.32 Å². The van der Waals surface area contributed by atoms with Crippen LogP contribution >= 0.6 is 0 Å². The van der Waals surface area contributed by atoms with Gasteiger partial charge in [0.15, 0.2) is 0 Å². The fraction of sp³-hybridized carbons (Fsp3) is 0.750. The van der Waals surface area contributed by atoms with Crippen molar-refractivity contribution in [1.82, 2.24) is 5.16 Å². The largest absolute Gasteiger partial charge is 0.354 e. The SMILES string of the molecule is CCC(CC)c1noc2c1CCCCN2. The van der Waals surface area contributed by atoms with Crippen LogP contribution in [0.25, 0.3) is 0 Å². The average molecular weight is 208 g/mol. The van der Waals surface area contributed by atoms with Crippen molar-refractivity contribution in [3.05, 3.63) is 11.3 Å². The molecule has 2 heterocycles. The molecule has 0 atom stereocenters. The highest BCUT2D eigenvalue weighted by Gasteiger charge is 2.22. The Morgan fingerprint density at radius 1 is 1.33 bits per heavy atom. The molecular weight excluding hydrogens is 188 g/mol. The van der Waals surface area contributed by atoms with Crippen molar-refractivity contribution in [2.45, 2.75) is 51.9 Å². The van der Waals surface area contributed by atoms with E-state index < -0.39 is 0 Å². The number of aromatic nitrogens is 1. The van der Waals surface area contributed by atoms with E-state index >= 15 is 0 Å². The summed E-state index contributed by atoms with van der Waals surface area (Å²) in [6, 6.07) is 0. The van der Waals surface area contributed by atoms with Gasteiger partial charge in [0, 0.05) is 18.0 Å². The van der Waals surface area contributed by atoms with Crippen LogP contribution in [0.2, 0.25) is 0 Å². The highest BCUT2D eigenvalue weighted by atomic mass is 16.5. The Kier molecular flexibility index (Phi) is 3.29. The third-order valence-corrected chi connectivity index (χ3v) is 3.33. The second kappa shape index (κ2) is 4.69. The van der Waals surface area contributed by atoms with Crippen molar-refractivity contribution in [2.24, 2.45) is 0 Å². The van der Waals surface area contributed by atoms with E-state index in [0.717, 1.165) is 31.7 Å². The Balaban J connectivity index is 2.28. The summed E-state index contributed by atoms with van der Waals surface area (Å²) in [4.78, 5) is 0. The van der Waals surface area contributed by atoms with Crippen LogP contribution in [0.4, 0.5) is 5.88 Å². The molecule has 0 spiro atoms. The molecule has 0 bridgehead atoms. The van der Waals surface area contributed by atoms with E-state index in [1.807, 2.05) is 0 Å². The molecule has 15 heavy (non-hydrogen) atoms. The molecule has 2 rings (SSSR count). The topological polar surface area (TPSA) is 38.1 Å². The third-order valence-electron chi connectivity index (χ3n) is 3.33. The van der Waals surface area contributed by atoms with Crippen molar-refractivity contribution in [3.8, 4) is 0 Å². The summed E-state index contributed by atoms with van der Waals surface area (Å²) < 4.78 is 5.39. The molecule has 1 aromatic heterocycles. The third kappa shape index (κ3) is 2.01. The van der Waals surface area contributed by atoms with Gasteiger partial charge in [-0.25, -0.2) is 0 Å². The summed E-state index contributed by atoms with van der Waals surface area (Å²) >= 11 is 0. The molecule has 0 radical (unpaired) electrons. The summed E-state index contributed by atoms with van der Waals surface area (Å²) in [6.07, 6.45) is 5.89. The molecule has 0 saturated heterocycles. The number of rotatable bonds is 3. The van der Waals surface area contributed by atoms with E-state index in [2.05, 4.69) is 24.3 Å². The number of anilines is 1. The van der Waals surface area contributed by atoms with Crippen molar-refractivity contribution < 1.29 is 4.52 Å². The molecule has 1 aromatic rings. The number of hydrogen-bond acceptors (Lipinski definition) is 3. The van der Waals surface area contributed by atoms with Crippen LogP contribution in [0, 0.1) is 0 Å². The monoisotopic (exact) mass is 208 g/mol. The van der Waals surface area contributed by atoms with Gasteiger partial charge < -0.3 is 9.84 Å². The lowest BCUT2D eigenvalue weighted by Gasteiger charge is -2.10. The molecule has 84 valence electrons. The van der Waals surface area contributed by atoms with Gasteiger partial charge in [0.2, 0.25) is 5.88 Å². The zero-order valence-electron chi connectivity index (χ0n) is 9.68. The first-order chi connectivity index (χ1) is 7.36. The van der Waals surface area contributed by atoms with E-state index in [4.69, 9.17) is 4.52 Å². The molecule has 0 unspecified atom stereocenters. The number of hydrogen-bond donors (Lipinski definition) is 1. The molecule has 0 aromatic carbocycles. The minimum absolute atomic E-state index is 0.567. The Morgan fingerprint density at radius 3 is 2.87 bits per heavy atom. The summed E-state index contributed by atoms with van der Waals surface area (Å²) in [7, 11) is 0. The lowest BCUT2D eigenvalue weighted by Crippen LogP contribution is -2.00. The Hall–Kier alpha value is -0.990. The zero-order chi connectivity index (χ0) is 10.7. The molecular formula is C12H20N2O. The zero-order valence-corrected chi connectivity index (χ0v) is 9.68. The Bertz CT molecular complexity index is 315. The van der Waals surface area contributed by atoms with E-state index in [0.29, 0.717) is 5.92 Å². The van der Waals surface area contributed by atoms with E-state index in [-0.39, 0.29) is 0 Å². The van der Waals surface area contributed by atoms with Gasteiger partial charge in [-0.05, 0) is 32.1 Å². The fourth-order valence-electron chi connectivity index (χ4n) is 2.33. The summed E-state index contributed by atoms with van der Waals surface area (Å²) in [6.45, 7) is 5.46. The number of fused-ring (bicyclic) bond motifs is 1. The standard InChI is InChI=1S/C12H20N2O/c1-3-9(4-2)11-10-7-5-6-8-13-12(10)15-14-11/h9,13H,3-8H2,1-2H3. The lowest BCUT2D eigenvalue weighted by molar-refractivity contribution is 0.412. The molecule has 3 heteroatoms. The average Bonchev–Trinajstić information content (AvgIpc) is 2.51. The van der Waals surface area contributed by atoms with E-state index in [1.54, 1.807) is 0 Å². The smallest absolute Gasteiger partial charge is 0.228 e. The van der Waals surface area contributed by atoms with Crippen LogP contribution in [-0.4, -0.2) is 11.7 Å². The number of nitrogens with one attached hydrogen (secondary N) is 1. The van der Waals surface area contributed by atoms with Crippen molar-refractivity contribution in [1.29, 1.82) is 0 Å². The second-order valence-electron chi connectivity index (χ2n) is 4.27. The van der Waals surface area contributed by atoms with Gasteiger partial charge in [0.05, 0.1) is 5.69 Å². The van der Waals surface area contributed by atoms with Gasteiger partial charge in [-0.1, -0.05) is 19.0 Å². The van der Waals surface area contributed by atoms with Gasteiger partial charge in [0.1, 0.15) is 0 Å². The molecule has 3 nitrogen and oxygen atoms in total. The van der Waals surface area contributed by atoms with Crippen molar-refractivity contribution in [2.75, 3.05) is 11.9 Å². The molecule has 1 aliphatic rings. The van der Waals surface area contributed by atoms with Gasteiger partial charge in [-0.15, -0.1) is 0 Å². The van der Waals surface area contributed by atoms with Crippen molar-refractivity contribution in [3.63, 3.8) is 0 Å². The second-order valence-corrected chi connectivity index (χ2v) is 4.27. The highest BCUT2D eigenvalue weighted by Crippen LogP contribution is 2.32. The van der Waals surface area contributed by atoms with Crippen LogP contribution in [0.5, 0.6) is 0 Å². The first kappa shape index (κ1) is 10.5. The maximum absolute atomic E-state index is 5.39. The molecule has 0 fully saturated rings. The first-order valence-corrected chi connectivity index (χ1v) is 6.09. The summed E-state index contributed by atoms with van der Waals surface area (Å²) in [5.74, 6) is 1.49. The predicted molar refractivity (Wildman–Crippen MR) is 61.3 cm³/mol. The normalized spacial score (nSPS) is 15.9. The number of nitrogens with zero attached hydrogens (tertiary/aromatic N) is 1. The Morgan fingerprint density at radius 2 is 2.13 bits per heavy atom. The molecule has 0 amide bonds. The van der Waals surface area contributed by atoms with E-state index in [9.17, 15) is 0 Å². The molecule has 0 saturated carbocycles. The maximum atomic E-state index is 5.39. The van der Waals surface area contributed by atoms with Gasteiger partial charge >= 0.3 is 0 Å². The maximum Gasteiger partial charge on any atom is 0.228 e. The first-order valence-electron chi connectivity index (χ1n) is 6.09. The van der Waals surface area contributed by atoms with Crippen LogP contribution in [-0.2, 0) is 6.42 Å². The summed E-state index contributed by atoms with van der Waals surface area (Å²) in [5, 5.41) is 7.56. The van der Waals surface area contributed by atoms with E-state index in [1.165, 1.54) is 24.1 Å². The van der Waals surface area contributed by atoms with Crippen LogP contribution in [0.3, 0.4) is 0 Å². The molecule has 1 aliphatic heterocycles. The van der Waals surface area contributed by atoms with Gasteiger partial charge in [0.25, 0.3) is 0 Å². The molecule has 1 N–H and O–H groups in total. The van der Waals surface area contributed by atoms with Crippen LogP contribution in [0.1, 0.15) is 56.7 Å². The fourth-order valence-corrected chi connectivity index (χ4v) is 2.33. The van der Waals surface area contributed by atoms with Crippen LogP contribution in [0.15, 0.2) is 4.52 Å².